The number of nitrogens with one attached hydrogen (secondary N) is 1. The van der Waals surface area contributed by atoms with Gasteiger partial charge in [-0.3, -0.25) is 9.59 Å². The number of nitrogens with zero attached hydrogens (tertiary/aromatic N) is 1. The van der Waals surface area contributed by atoms with Crippen LogP contribution in [0, 0.1) is 12.8 Å². The zero-order chi connectivity index (χ0) is 18.0. The van der Waals surface area contributed by atoms with Crippen LogP contribution in [0.15, 0.2) is 42.5 Å². The van der Waals surface area contributed by atoms with E-state index in [0.717, 1.165) is 17.7 Å². The van der Waals surface area contributed by atoms with Gasteiger partial charge in [0.1, 0.15) is 0 Å². The van der Waals surface area contributed by atoms with Crippen LogP contribution in [-0.4, -0.2) is 18.4 Å². The minimum absolute atomic E-state index is 0.0275. The molecule has 0 aliphatic carbocycles. The third-order valence-corrected chi connectivity index (χ3v) is 4.94. The van der Waals surface area contributed by atoms with E-state index in [2.05, 4.69) is 12.2 Å². The zero-order valence-electron chi connectivity index (χ0n) is 14.4. The molecule has 25 heavy (non-hydrogen) atoms. The number of aryl methyl sites for hydroxylation is 2. The number of rotatable bonds is 4. The molecule has 0 saturated carbocycles. The third-order valence-electron chi connectivity index (χ3n) is 4.62. The van der Waals surface area contributed by atoms with Crippen LogP contribution in [0.1, 0.15) is 24.5 Å². The molecule has 1 aliphatic rings. The first kappa shape index (κ1) is 17.5. The molecule has 2 aromatic carbocycles. The van der Waals surface area contributed by atoms with Gasteiger partial charge in [0.25, 0.3) is 0 Å². The van der Waals surface area contributed by atoms with Crippen molar-refractivity contribution in [1.29, 1.82) is 0 Å². The van der Waals surface area contributed by atoms with Crippen LogP contribution in [0.4, 0.5) is 11.4 Å². The molecule has 1 fully saturated rings. The Balaban J connectivity index is 1.72. The Bertz CT molecular complexity index is 782. The largest absolute Gasteiger partial charge is 0.324 e. The highest BCUT2D eigenvalue weighted by molar-refractivity contribution is 6.34. The maximum absolute atomic E-state index is 12.6. The summed E-state index contributed by atoms with van der Waals surface area (Å²) in [6.45, 7) is 4.37. The van der Waals surface area contributed by atoms with E-state index in [1.165, 1.54) is 5.56 Å². The highest BCUT2D eigenvalue weighted by Crippen LogP contribution is 2.29. The second-order valence-corrected chi connectivity index (χ2v) is 6.75. The fourth-order valence-electron chi connectivity index (χ4n) is 3.06. The Morgan fingerprint density at radius 3 is 2.60 bits per heavy atom. The van der Waals surface area contributed by atoms with Crippen molar-refractivity contribution in [2.24, 2.45) is 5.92 Å². The molecule has 1 N–H and O–H groups in total. The molecule has 2 aromatic rings. The molecule has 0 bridgehead atoms. The Hall–Kier alpha value is -2.33. The van der Waals surface area contributed by atoms with Crippen molar-refractivity contribution in [2.75, 3.05) is 16.8 Å². The molecule has 1 aliphatic heterocycles. The lowest BCUT2D eigenvalue weighted by molar-refractivity contribution is -0.122. The maximum atomic E-state index is 12.6. The second-order valence-electron chi connectivity index (χ2n) is 6.35. The second kappa shape index (κ2) is 7.28. The van der Waals surface area contributed by atoms with E-state index in [1.54, 1.807) is 11.0 Å². The molecule has 0 aromatic heterocycles. The third kappa shape index (κ3) is 3.69. The van der Waals surface area contributed by atoms with Gasteiger partial charge in [0.2, 0.25) is 11.8 Å². The summed E-state index contributed by atoms with van der Waals surface area (Å²) in [5, 5.41) is 3.39. The van der Waals surface area contributed by atoms with Crippen LogP contribution in [0.3, 0.4) is 0 Å². The van der Waals surface area contributed by atoms with Gasteiger partial charge in [-0.1, -0.05) is 42.8 Å². The highest BCUT2D eigenvalue weighted by atomic mass is 35.5. The van der Waals surface area contributed by atoms with Crippen LogP contribution in [0.25, 0.3) is 0 Å². The van der Waals surface area contributed by atoms with E-state index in [0.29, 0.717) is 17.3 Å². The molecular weight excluding hydrogens is 336 g/mol. The predicted octanol–water partition coefficient (Wildman–Crippen LogP) is 4.20. The molecule has 1 unspecified atom stereocenters. The van der Waals surface area contributed by atoms with Crippen LogP contribution >= 0.6 is 11.6 Å². The molecule has 130 valence electrons. The lowest BCUT2D eigenvalue weighted by Gasteiger charge is -2.17. The van der Waals surface area contributed by atoms with Crippen molar-refractivity contribution >= 4 is 34.8 Å². The smallest absolute Gasteiger partial charge is 0.229 e. The van der Waals surface area contributed by atoms with E-state index in [9.17, 15) is 9.59 Å². The van der Waals surface area contributed by atoms with Crippen LogP contribution in [0.5, 0.6) is 0 Å². The van der Waals surface area contributed by atoms with Crippen molar-refractivity contribution in [3.63, 3.8) is 0 Å². The number of halogens is 1. The lowest BCUT2D eigenvalue weighted by atomic mass is 10.1. The number of carbonyl (C=O) groups is 2. The van der Waals surface area contributed by atoms with Crippen LogP contribution in [-0.2, 0) is 16.0 Å². The number of hydrogen-bond donors (Lipinski definition) is 1. The number of amides is 2. The summed E-state index contributed by atoms with van der Waals surface area (Å²) in [7, 11) is 0. The van der Waals surface area contributed by atoms with Crippen molar-refractivity contribution in [1.82, 2.24) is 0 Å². The van der Waals surface area contributed by atoms with Crippen molar-refractivity contribution in [3.05, 3.63) is 58.6 Å². The van der Waals surface area contributed by atoms with Gasteiger partial charge in [0.05, 0.1) is 16.6 Å². The minimum Gasteiger partial charge on any atom is -0.324 e. The zero-order valence-corrected chi connectivity index (χ0v) is 15.1. The van der Waals surface area contributed by atoms with Crippen molar-refractivity contribution in [2.45, 2.75) is 26.7 Å². The van der Waals surface area contributed by atoms with Crippen molar-refractivity contribution in [3.8, 4) is 0 Å². The Morgan fingerprint density at radius 2 is 1.96 bits per heavy atom. The van der Waals surface area contributed by atoms with E-state index < -0.39 is 0 Å². The summed E-state index contributed by atoms with van der Waals surface area (Å²) in [4.78, 5) is 26.6. The average molecular weight is 357 g/mol. The Labute approximate surface area is 152 Å². The van der Waals surface area contributed by atoms with Crippen LogP contribution < -0.4 is 10.2 Å². The molecule has 0 spiro atoms. The minimum atomic E-state index is -0.381. The molecule has 3 rings (SSSR count). The number of anilines is 2. The van der Waals surface area contributed by atoms with Gasteiger partial charge in [-0.25, -0.2) is 0 Å². The van der Waals surface area contributed by atoms with E-state index in [1.807, 2.05) is 43.3 Å². The number of para-hydroxylation sites is 1. The van der Waals surface area contributed by atoms with Gasteiger partial charge in [0.15, 0.2) is 0 Å². The van der Waals surface area contributed by atoms with Gasteiger partial charge in [0, 0.05) is 18.7 Å². The number of benzene rings is 2. The summed E-state index contributed by atoms with van der Waals surface area (Å²) in [5.41, 5.74) is 3.58. The molecular formula is C20H21ClN2O2. The molecule has 1 heterocycles. The Morgan fingerprint density at radius 1 is 1.24 bits per heavy atom. The van der Waals surface area contributed by atoms with Crippen LogP contribution in [0.2, 0.25) is 5.02 Å². The first-order valence-corrected chi connectivity index (χ1v) is 8.82. The normalized spacial score (nSPS) is 17.0. The van der Waals surface area contributed by atoms with Gasteiger partial charge in [-0.05, 0) is 42.7 Å². The monoisotopic (exact) mass is 356 g/mol. The van der Waals surface area contributed by atoms with Gasteiger partial charge in [-0.2, -0.15) is 0 Å². The SMILES string of the molecule is CCc1ccc(N2CC(C(=O)Nc3c(C)cccc3Cl)CC2=O)cc1. The fourth-order valence-corrected chi connectivity index (χ4v) is 3.33. The summed E-state index contributed by atoms with van der Waals surface area (Å²) < 4.78 is 0. The standard InChI is InChI=1S/C20H21ClN2O2/c1-3-14-7-9-16(10-8-14)23-12-15(11-18(23)24)20(25)22-19-13(2)5-4-6-17(19)21/h4-10,15H,3,11-12H2,1-2H3,(H,22,25). The van der Waals surface area contributed by atoms with Gasteiger partial charge in [-0.15, -0.1) is 0 Å². The molecule has 0 radical (unpaired) electrons. The first-order valence-electron chi connectivity index (χ1n) is 8.45. The predicted molar refractivity (Wildman–Crippen MR) is 101 cm³/mol. The van der Waals surface area contributed by atoms with Gasteiger partial charge >= 0.3 is 0 Å². The number of hydrogen-bond acceptors (Lipinski definition) is 2. The summed E-state index contributed by atoms with van der Waals surface area (Å²) in [5.74, 6) is -0.577. The quantitative estimate of drug-likeness (QED) is 0.892. The number of carbonyl (C=O) groups excluding carboxylic acids is 2. The average Bonchev–Trinajstić information content (AvgIpc) is 3.00. The van der Waals surface area contributed by atoms with E-state index in [4.69, 9.17) is 11.6 Å². The summed E-state index contributed by atoms with van der Waals surface area (Å²) in [6.07, 6.45) is 1.17. The van der Waals surface area contributed by atoms with Crippen molar-refractivity contribution < 1.29 is 9.59 Å². The lowest BCUT2D eigenvalue weighted by Crippen LogP contribution is -2.28. The maximum Gasteiger partial charge on any atom is 0.229 e. The molecule has 1 atom stereocenters. The first-order chi connectivity index (χ1) is 12.0. The Kier molecular flexibility index (Phi) is 5.09. The summed E-state index contributed by atoms with van der Waals surface area (Å²) in [6, 6.07) is 13.4. The topological polar surface area (TPSA) is 49.4 Å². The van der Waals surface area contributed by atoms with E-state index in [-0.39, 0.29) is 24.2 Å². The highest BCUT2D eigenvalue weighted by Gasteiger charge is 2.35. The summed E-state index contributed by atoms with van der Waals surface area (Å²) >= 11 is 6.17. The molecule has 4 nitrogen and oxygen atoms in total. The molecule has 5 heteroatoms. The molecule has 2 amide bonds. The molecule has 1 saturated heterocycles. The fraction of sp³-hybridized carbons (Fsp3) is 0.300. The van der Waals surface area contributed by atoms with E-state index >= 15 is 0 Å². The van der Waals surface area contributed by atoms with Gasteiger partial charge < -0.3 is 10.2 Å².